The van der Waals surface area contributed by atoms with E-state index in [4.69, 9.17) is 0 Å². The summed E-state index contributed by atoms with van der Waals surface area (Å²) in [6.07, 6.45) is 12.3. The van der Waals surface area contributed by atoms with Crippen molar-refractivity contribution >= 4 is 21.5 Å². The van der Waals surface area contributed by atoms with Gasteiger partial charge < -0.3 is 0 Å². The zero-order valence-electron chi connectivity index (χ0n) is 14.6. The number of hydrogen-bond acceptors (Lipinski definition) is 0. The minimum atomic E-state index is 1.17. The van der Waals surface area contributed by atoms with Gasteiger partial charge >= 0.3 is 0 Å². The van der Waals surface area contributed by atoms with Gasteiger partial charge in [0, 0.05) is 0 Å². The van der Waals surface area contributed by atoms with Crippen LogP contribution in [0.5, 0.6) is 0 Å². The third-order valence-corrected chi connectivity index (χ3v) is 5.62. The zero-order chi connectivity index (χ0) is 16.2. The van der Waals surface area contributed by atoms with Gasteiger partial charge in [0.2, 0.25) is 0 Å². The van der Waals surface area contributed by atoms with E-state index < -0.39 is 0 Å². The Morgan fingerprint density at radius 2 is 1.08 bits per heavy atom. The second-order valence-electron chi connectivity index (χ2n) is 7.35. The molecule has 123 valence electrons. The quantitative estimate of drug-likeness (QED) is 0.437. The van der Waals surface area contributed by atoms with E-state index in [1.807, 2.05) is 0 Å². The minimum Gasteiger partial charge on any atom is -0.0616 e. The molecule has 0 N–H and O–H groups in total. The first-order valence-electron chi connectivity index (χ1n) is 9.65. The lowest BCUT2D eigenvalue weighted by Gasteiger charge is -2.19. The highest BCUT2D eigenvalue weighted by molar-refractivity contribution is 6.02. The summed E-state index contributed by atoms with van der Waals surface area (Å²) in [4.78, 5) is 0. The van der Waals surface area contributed by atoms with E-state index in [0.29, 0.717) is 0 Å². The van der Waals surface area contributed by atoms with Crippen LogP contribution in [0.1, 0.15) is 56.9 Å². The van der Waals surface area contributed by atoms with Crippen molar-refractivity contribution in [2.45, 2.75) is 57.8 Å². The molecule has 1 radical (unpaired) electrons. The minimum absolute atomic E-state index is 1.17. The predicted octanol–water partition coefficient (Wildman–Crippen LogP) is 7.24. The third-order valence-electron chi connectivity index (χ3n) is 5.62. The van der Waals surface area contributed by atoms with Crippen molar-refractivity contribution < 1.29 is 0 Å². The molecule has 24 heavy (non-hydrogen) atoms. The average molecular weight is 315 g/mol. The van der Waals surface area contributed by atoms with Crippen LogP contribution in [0.4, 0.5) is 0 Å². The highest BCUT2D eigenvalue weighted by Crippen LogP contribution is 2.34. The van der Waals surface area contributed by atoms with Crippen LogP contribution in [0.3, 0.4) is 0 Å². The SMILES string of the molecule is c1ccc2c(C[C]3CCCCCCCC3)c3ccccc3cc2c1. The van der Waals surface area contributed by atoms with Crippen LogP contribution in [0, 0.1) is 5.92 Å². The molecule has 0 bridgehead atoms. The Morgan fingerprint density at radius 1 is 0.583 bits per heavy atom. The Labute approximate surface area is 145 Å². The molecule has 0 heteroatoms. The van der Waals surface area contributed by atoms with Gasteiger partial charge in [-0.1, -0.05) is 87.1 Å². The Kier molecular flexibility index (Phi) is 4.83. The first-order valence-corrected chi connectivity index (χ1v) is 9.65. The third kappa shape index (κ3) is 3.34. The molecule has 1 fully saturated rings. The van der Waals surface area contributed by atoms with Gasteiger partial charge in [-0.05, 0) is 58.4 Å². The van der Waals surface area contributed by atoms with Crippen molar-refractivity contribution in [1.29, 1.82) is 0 Å². The molecule has 0 atom stereocenters. The smallest absolute Gasteiger partial charge is 0.0145 e. The van der Waals surface area contributed by atoms with E-state index in [1.54, 1.807) is 11.5 Å². The summed E-state index contributed by atoms with van der Waals surface area (Å²) in [7, 11) is 0. The van der Waals surface area contributed by atoms with Crippen molar-refractivity contribution in [1.82, 2.24) is 0 Å². The molecular formula is C24H27. The molecule has 0 unspecified atom stereocenters. The monoisotopic (exact) mass is 315 g/mol. The molecule has 0 spiro atoms. The van der Waals surface area contributed by atoms with Gasteiger partial charge in [0.1, 0.15) is 0 Å². The fraction of sp³-hybridized carbons (Fsp3) is 0.375. The van der Waals surface area contributed by atoms with Gasteiger partial charge in [-0.25, -0.2) is 0 Å². The standard InChI is InChI=1S/C24H27/c1-2-4-6-12-19(11-5-3-1)17-24-22-15-9-7-13-20(22)18-21-14-8-10-16-23(21)24/h7-10,13-16,18H,1-6,11-12,17H2. The van der Waals surface area contributed by atoms with Gasteiger partial charge in [0.05, 0.1) is 0 Å². The van der Waals surface area contributed by atoms with Crippen molar-refractivity contribution in [3.63, 3.8) is 0 Å². The maximum absolute atomic E-state index is 2.35. The van der Waals surface area contributed by atoms with Gasteiger partial charge in [-0.15, -0.1) is 0 Å². The molecule has 0 heterocycles. The van der Waals surface area contributed by atoms with E-state index in [2.05, 4.69) is 54.6 Å². The maximum atomic E-state index is 2.35. The number of fused-ring (bicyclic) bond motifs is 2. The highest BCUT2D eigenvalue weighted by atomic mass is 14.2. The van der Waals surface area contributed by atoms with Crippen molar-refractivity contribution in [3.8, 4) is 0 Å². The van der Waals surface area contributed by atoms with Crippen molar-refractivity contribution in [2.75, 3.05) is 0 Å². The van der Waals surface area contributed by atoms with E-state index in [0.717, 1.165) is 0 Å². The number of rotatable bonds is 2. The van der Waals surface area contributed by atoms with E-state index in [1.165, 1.54) is 79.3 Å². The van der Waals surface area contributed by atoms with Gasteiger partial charge in [-0.3, -0.25) is 0 Å². The predicted molar refractivity (Wildman–Crippen MR) is 105 cm³/mol. The topological polar surface area (TPSA) is 0 Å². The molecule has 3 aromatic rings. The molecule has 4 rings (SSSR count). The molecule has 0 amide bonds. The average Bonchev–Trinajstić information content (AvgIpc) is 2.75. The first kappa shape index (κ1) is 15.7. The summed E-state index contributed by atoms with van der Waals surface area (Å²) in [6.45, 7) is 0. The van der Waals surface area contributed by atoms with Crippen LogP contribution < -0.4 is 0 Å². The molecule has 0 aromatic heterocycles. The van der Waals surface area contributed by atoms with Crippen LogP contribution in [-0.4, -0.2) is 0 Å². The first-order chi connectivity index (χ1) is 11.9. The maximum Gasteiger partial charge on any atom is -0.0145 e. The highest BCUT2D eigenvalue weighted by Gasteiger charge is 2.15. The summed E-state index contributed by atoms with van der Waals surface area (Å²) in [5.74, 6) is 1.78. The summed E-state index contributed by atoms with van der Waals surface area (Å²) in [5.41, 5.74) is 1.55. The fourth-order valence-electron chi connectivity index (χ4n) is 4.31. The molecule has 0 nitrogen and oxygen atoms in total. The Morgan fingerprint density at radius 3 is 1.67 bits per heavy atom. The molecule has 1 aliphatic carbocycles. The zero-order valence-corrected chi connectivity index (χ0v) is 14.6. The van der Waals surface area contributed by atoms with Crippen LogP contribution in [-0.2, 0) is 6.42 Å². The van der Waals surface area contributed by atoms with Gasteiger partial charge in [-0.2, -0.15) is 0 Å². The normalized spacial score (nSPS) is 17.5. The Balaban J connectivity index is 1.75. The lowest BCUT2D eigenvalue weighted by atomic mass is 9.86. The van der Waals surface area contributed by atoms with E-state index in [9.17, 15) is 0 Å². The molecular weight excluding hydrogens is 288 g/mol. The molecule has 3 aromatic carbocycles. The van der Waals surface area contributed by atoms with Gasteiger partial charge in [0.15, 0.2) is 0 Å². The van der Waals surface area contributed by atoms with E-state index >= 15 is 0 Å². The Hall–Kier alpha value is -1.82. The largest absolute Gasteiger partial charge is 0.0616 e. The van der Waals surface area contributed by atoms with Crippen LogP contribution in [0.15, 0.2) is 54.6 Å². The fourth-order valence-corrected chi connectivity index (χ4v) is 4.31. The van der Waals surface area contributed by atoms with Crippen LogP contribution >= 0.6 is 0 Å². The van der Waals surface area contributed by atoms with Crippen molar-refractivity contribution in [3.05, 3.63) is 66.1 Å². The number of hydrogen-bond donors (Lipinski definition) is 0. The molecule has 1 saturated carbocycles. The summed E-state index contributed by atoms with van der Waals surface area (Å²) < 4.78 is 0. The second-order valence-corrected chi connectivity index (χ2v) is 7.35. The van der Waals surface area contributed by atoms with Crippen molar-refractivity contribution in [2.24, 2.45) is 0 Å². The summed E-state index contributed by atoms with van der Waals surface area (Å²) >= 11 is 0. The molecule has 1 aliphatic rings. The van der Waals surface area contributed by atoms with Gasteiger partial charge in [0.25, 0.3) is 0 Å². The summed E-state index contributed by atoms with van der Waals surface area (Å²) in [6, 6.07) is 20.2. The lowest BCUT2D eigenvalue weighted by molar-refractivity contribution is 0.624. The lowest BCUT2D eigenvalue weighted by Crippen LogP contribution is -2.03. The van der Waals surface area contributed by atoms with E-state index in [-0.39, 0.29) is 0 Å². The van der Waals surface area contributed by atoms with Crippen LogP contribution in [0.2, 0.25) is 0 Å². The molecule has 0 aliphatic heterocycles. The number of benzene rings is 3. The molecule has 0 saturated heterocycles. The second kappa shape index (κ2) is 7.38. The Bertz CT molecular complexity index is 751. The van der Waals surface area contributed by atoms with Crippen LogP contribution in [0.25, 0.3) is 21.5 Å². The summed E-state index contributed by atoms with van der Waals surface area (Å²) in [5, 5.41) is 5.66.